The van der Waals surface area contributed by atoms with E-state index >= 15 is 0 Å². The molecule has 0 radical (unpaired) electrons. The fraction of sp³-hybridized carbons (Fsp3) is 0.750. The smallest absolute Gasteiger partial charge is 0.0482 e. The second-order valence-electron chi connectivity index (χ2n) is 3.20. The number of aliphatic hydroxyl groups is 1. The number of aliphatic hydroxyl groups excluding tert-OH is 1. The molecule has 0 spiro atoms. The molecule has 1 fully saturated rings. The van der Waals surface area contributed by atoms with Crippen molar-refractivity contribution in [2.24, 2.45) is 0 Å². The summed E-state index contributed by atoms with van der Waals surface area (Å²) in [4.78, 5) is 4.65. The third-order valence-electron chi connectivity index (χ3n) is 2.49. The first kappa shape index (κ1) is 6.98. The lowest BCUT2D eigenvalue weighted by atomic mass is 10.1. The summed E-state index contributed by atoms with van der Waals surface area (Å²) in [7, 11) is 0. The van der Waals surface area contributed by atoms with Gasteiger partial charge in [-0.15, -0.1) is 0 Å². The van der Waals surface area contributed by atoms with E-state index in [4.69, 9.17) is 5.11 Å². The first-order chi connectivity index (χ1) is 5.40. The van der Waals surface area contributed by atoms with E-state index in [1.807, 2.05) is 0 Å². The zero-order valence-corrected chi connectivity index (χ0v) is 6.61. The highest BCUT2D eigenvalue weighted by Crippen LogP contribution is 2.18. The Balaban J connectivity index is 2.00. The van der Waals surface area contributed by atoms with Crippen molar-refractivity contribution in [2.45, 2.75) is 12.5 Å². The van der Waals surface area contributed by atoms with E-state index < -0.39 is 0 Å². The van der Waals surface area contributed by atoms with E-state index in [0.29, 0.717) is 12.6 Å². The quantitative estimate of drug-likeness (QED) is 0.598. The molecule has 3 heterocycles. The Labute approximate surface area is 66.9 Å². The van der Waals surface area contributed by atoms with Gasteiger partial charge in [-0.25, -0.2) is 0 Å². The maximum Gasteiger partial charge on any atom is 0.0482 e. The summed E-state index contributed by atoms with van der Waals surface area (Å²) in [6.07, 6.45) is 5.17. The van der Waals surface area contributed by atoms with Crippen molar-refractivity contribution in [1.82, 2.24) is 9.80 Å². The van der Waals surface area contributed by atoms with E-state index in [0.717, 1.165) is 26.1 Å². The second kappa shape index (κ2) is 2.74. The maximum atomic E-state index is 8.78. The van der Waals surface area contributed by atoms with Crippen LogP contribution in [-0.2, 0) is 0 Å². The van der Waals surface area contributed by atoms with Crippen LogP contribution in [0.2, 0.25) is 0 Å². The molecule has 62 valence electrons. The van der Waals surface area contributed by atoms with Gasteiger partial charge in [0.1, 0.15) is 0 Å². The predicted octanol–water partition coefficient (Wildman–Crippen LogP) is -0.160. The normalized spacial score (nSPS) is 28.3. The Kier molecular flexibility index (Phi) is 1.74. The van der Waals surface area contributed by atoms with E-state index in [9.17, 15) is 0 Å². The van der Waals surface area contributed by atoms with Crippen molar-refractivity contribution in [2.75, 3.05) is 26.2 Å². The summed E-state index contributed by atoms with van der Waals surface area (Å²) in [5, 5.41) is 8.78. The Hall–Kier alpha value is -0.700. The summed E-state index contributed by atoms with van der Waals surface area (Å²) in [6.45, 7) is 3.68. The van der Waals surface area contributed by atoms with Crippen LogP contribution in [0.5, 0.6) is 0 Å². The molecule has 2 bridgehead atoms. The molecular weight excluding hydrogens is 140 g/mol. The molecule has 1 atom stereocenters. The number of hydrogen-bond acceptors (Lipinski definition) is 3. The summed E-state index contributed by atoms with van der Waals surface area (Å²) in [5.41, 5.74) is 0. The van der Waals surface area contributed by atoms with Gasteiger partial charge >= 0.3 is 0 Å². The Morgan fingerprint density at radius 3 is 2.73 bits per heavy atom. The van der Waals surface area contributed by atoms with Gasteiger partial charge in [0, 0.05) is 44.7 Å². The van der Waals surface area contributed by atoms with Crippen LogP contribution in [0.4, 0.5) is 0 Å². The SMILES string of the molecule is OCCC1CN2C=CN1CC2. The molecule has 3 aliphatic heterocycles. The zero-order chi connectivity index (χ0) is 7.68. The van der Waals surface area contributed by atoms with Crippen LogP contribution in [0.1, 0.15) is 6.42 Å². The third-order valence-corrected chi connectivity index (χ3v) is 2.49. The van der Waals surface area contributed by atoms with Gasteiger partial charge in [0.2, 0.25) is 0 Å². The molecular formula is C8H14N2O. The molecule has 3 heteroatoms. The standard InChI is InChI=1S/C8H14N2O/c11-6-1-8-7-9-2-4-10(8)5-3-9/h2,4,8,11H,1,3,5-7H2. The van der Waals surface area contributed by atoms with Crippen molar-refractivity contribution in [3.63, 3.8) is 0 Å². The van der Waals surface area contributed by atoms with Crippen LogP contribution < -0.4 is 0 Å². The van der Waals surface area contributed by atoms with Crippen molar-refractivity contribution >= 4 is 0 Å². The predicted molar refractivity (Wildman–Crippen MR) is 42.9 cm³/mol. The van der Waals surface area contributed by atoms with Crippen LogP contribution in [-0.4, -0.2) is 47.2 Å². The molecule has 3 nitrogen and oxygen atoms in total. The van der Waals surface area contributed by atoms with Crippen LogP contribution in [0, 0.1) is 0 Å². The first-order valence-corrected chi connectivity index (χ1v) is 4.19. The molecule has 3 rings (SSSR count). The number of piperazine rings is 1. The highest BCUT2D eigenvalue weighted by molar-refractivity contribution is 4.99. The third kappa shape index (κ3) is 1.20. The molecule has 0 aromatic heterocycles. The van der Waals surface area contributed by atoms with E-state index in [1.165, 1.54) is 0 Å². The van der Waals surface area contributed by atoms with Crippen molar-refractivity contribution in [1.29, 1.82) is 0 Å². The number of nitrogens with zero attached hydrogens (tertiary/aromatic N) is 2. The van der Waals surface area contributed by atoms with Crippen LogP contribution in [0.15, 0.2) is 12.4 Å². The fourth-order valence-electron chi connectivity index (χ4n) is 1.81. The lowest BCUT2D eigenvalue weighted by Gasteiger charge is -2.44. The van der Waals surface area contributed by atoms with Crippen LogP contribution in [0.3, 0.4) is 0 Å². The first-order valence-electron chi connectivity index (χ1n) is 4.19. The Bertz CT molecular complexity index is 169. The van der Waals surface area contributed by atoms with Gasteiger partial charge in [0.05, 0.1) is 0 Å². The topological polar surface area (TPSA) is 26.7 Å². The molecule has 0 saturated carbocycles. The van der Waals surface area contributed by atoms with E-state index in [2.05, 4.69) is 22.2 Å². The molecule has 3 aliphatic rings. The molecule has 0 amide bonds. The molecule has 0 aliphatic carbocycles. The maximum absolute atomic E-state index is 8.78. The molecule has 1 unspecified atom stereocenters. The summed E-state index contributed by atoms with van der Waals surface area (Å²) >= 11 is 0. The lowest BCUT2D eigenvalue weighted by molar-refractivity contribution is 0.0975. The Morgan fingerprint density at radius 2 is 2.27 bits per heavy atom. The monoisotopic (exact) mass is 154 g/mol. The molecule has 0 aromatic carbocycles. The summed E-state index contributed by atoms with van der Waals surface area (Å²) < 4.78 is 0. The minimum absolute atomic E-state index is 0.308. The largest absolute Gasteiger partial charge is 0.396 e. The van der Waals surface area contributed by atoms with Crippen molar-refractivity contribution in [3.05, 3.63) is 12.4 Å². The van der Waals surface area contributed by atoms with Gasteiger partial charge < -0.3 is 14.9 Å². The molecule has 11 heavy (non-hydrogen) atoms. The van der Waals surface area contributed by atoms with Gasteiger partial charge in [0.25, 0.3) is 0 Å². The van der Waals surface area contributed by atoms with E-state index in [-0.39, 0.29) is 0 Å². The molecule has 1 saturated heterocycles. The van der Waals surface area contributed by atoms with Crippen molar-refractivity contribution in [3.8, 4) is 0 Å². The highest BCUT2D eigenvalue weighted by Gasteiger charge is 2.26. The average molecular weight is 154 g/mol. The van der Waals surface area contributed by atoms with Gasteiger partial charge in [0.15, 0.2) is 0 Å². The zero-order valence-electron chi connectivity index (χ0n) is 6.61. The highest BCUT2D eigenvalue weighted by atomic mass is 16.3. The lowest BCUT2D eigenvalue weighted by Crippen LogP contribution is -2.52. The number of hydrogen-bond donors (Lipinski definition) is 1. The van der Waals surface area contributed by atoms with E-state index in [1.54, 1.807) is 0 Å². The van der Waals surface area contributed by atoms with Gasteiger partial charge in [-0.05, 0) is 6.42 Å². The average Bonchev–Trinajstić information content (AvgIpc) is 2.07. The minimum atomic E-state index is 0.308. The van der Waals surface area contributed by atoms with Gasteiger partial charge in [-0.1, -0.05) is 0 Å². The Morgan fingerprint density at radius 1 is 1.36 bits per heavy atom. The summed E-state index contributed by atoms with van der Waals surface area (Å²) in [6, 6.07) is 0.554. The number of fused-ring (bicyclic) bond motifs is 2. The fourth-order valence-corrected chi connectivity index (χ4v) is 1.81. The van der Waals surface area contributed by atoms with Gasteiger partial charge in [-0.3, -0.25) is 0 Å². The van der Waals surface area contributed by atoms with Crippen LogP contribution in [0.25, 0.3) is 0 Å². The van der Waals surface area contributed by atoms with Gasteiger partial charge in [-0.2, -0.15) is 0 Å². The van der Waals surface area contributed by atoms with Crippen LogP contribution >= 0.6 is 0 Å². The number of rotatable bonds is 2. The summed E-state index contributed by atoms with van der Waals surface area (Å²) in [5.74, 6) is 0. The minimum Gasteiger partial charge on any atom is -0.396 e. The van der Waals surface area contributed by atoms with Crippen molar-refractivity contribution < 1.29 is 5.11 Å². The second-order valence-corrected chi connectivity index (χ2v) is 3.20. The molecule has 0 aromatic rings. The molecule has 1 N–H and O–H groups in total.